The van der Waals surface area contributed by atoms with E-state index in [-0.39, 0.29) is 5.91 Å². The van der Waals surface area contributed by atoms with E-state index >= 15 is 0 Å². The number of halogens is 1. The third-order valence-electron chi connectivity index (χ3n) is 5.32. The van der Waals surface area contributed by atoms with Gasteiger partial charge in [-0.15, -0.1) is 0 Å². The highest BCUT2D eigenvalue weighted by molar-refractivity contribution is 6.32. The van der Waals surface area contributed by atoms with Gasteiger partial charge in [0.2, 0.25) is 0 Å². The first-order valence-electron chi connectivity index (χ1n) is 10.8. The summed E-state index contributed by atoms with van der Waals surface area (Å²) in [5, 5.41) is 5.22. The number of nitrogens with zero attached hydrogens (tertiary/aromatic N) is 4. The van der Waals surface area contributed by atoms with Crippen LogP contribution in [0.1, 0.15) is 21.8 Å². The Bertz CT molecular complexity index is 1230. The molecule has 0 saturated heterocycles. The van der Waals surface area contributed by atoms with Gasteiger partial charge in [0.1, 0.15) is 17.1 Å². The number of amides is 1. The van der Waals surface area contributed by atoms with Crippen molar-refractivity contribution >= 4 is 17.5 Å². The molecule has 0 saturated carbocycles. The Kier molecular flexibility index (Phi) is 6.96. The molecule has 0 aliphatic heterocycles. The standard InChI is InChI=1S/C26H27ClN4O2/c1-19-13-14-25(33-19)22-17-24(31(28-22)23-12-8-7-11-21(23)27)26(32)30(16-15-29(2)3)18-20-9-5-4-6-10-20/h4-14,17H,15-16,18H2,1-3H3. The molecule has 0 spiro atoms. The van der Waals surface area contributed by atoms with Gasteiger partial charge in [0.25, 0.3) is 5.91 Å². The van der Waals surface area contributed by atoms with Crippen LogP contribution in [0.4, 0.5) is 0 Å². The summed E-state index contributed by atoms with van der Waals surface area (Å²) in [5.74, 6) is 1.26. The quantitative estimate of drug-likeness (QED) is 0.356. The van der Waals surface area contributed by atoms with E-state index < -0.39 is 0 Å². The maximum Gasteiger partial charge on any atom is 0.272 e. The van der Waals surface area contributed by atoms with Crippen molar-refractivity contribution in [1.82, 2.24) is 19.6 Å². The maximum absolute atomic E-state index is 13.9. The first-order chi connectivity index (χ1) is 15.9. The molecule has 6 nitrogen and oxygen atoms in total. The molecule has 0 N–H and O–H groups in total. The molecule has 2 aromatic heterocycles. The average Bonchev–Trinajstić information content (AvgIpc) is 3.43. The lowest BCUT2D eigenvalue weighted by molar-refractivity contribution is 0.0722. The highest BCUT2D eigenvalue weighted by Crippen LogP contribution is 2.27. The summed E-state index contributed by atoms with van der Waals surface area (Å²) in [6, 6.07) is 22.9. The summed E-state index contributed by atoms with van der Waals surface area (Å²) in [6.45, 7) is 3.69. The Balaban J connectivity index is 1.77. The predicted molar refractivity (Wildman–Crippen MR) is 131 cm³/mol. The van der Waals surface area contributed by atoms with Crippen molar-refractivity contribution in [1.29, 1.82) is 0 Å². The number of likely N-dealkylation sites (N-methyl/N-ethyl adjacent to an activating group) is 1. The smallest absolute Gasteiger partial charge is 0.272 e. The third-order valence-corrected chi connectivity index (χ3v) is 5.64. The lowest BCUT2D eigenvalue weighted by atomic mass is 10.2. The van der Waals surface area contributed by atoms with Gasteiger partial charge < -0.3 is 14.2 Å². The molecule has 0 radical (unpaired) electrons. The Morgan fingerprint density at radius 1 is 1.00 bits per heavy atom. The number of para-hydroxylation sites is 1. The summed E-state index contributed by atoms with van der Waals surface area (Å²) >= 11 is 6.49. The average molecular weight is 463 g/mol. The van der Waals surface area contributed by atoms with E-state index in [2.05, 4.69) is 4.90 Å². The van der Waals surface area contributed by atoms with Crippen LogP contribution in [0.5, 0.6) is 0 Å². The van der Waals surface area contributed by atoms with Crippen LogP contribution in [-0.2, 0) is 6.54 Å². The zero-order chi connectivity index (χ0) is 23.4. The van der Waals surface area contributed by atoms with Crippen molar-refractivity contribution in [2.24, 2.45) is 0 Å². The van der Waals surface area contributed by atoms with Gasteiger partial charge >= 0.3 is 0 Å². The second kappa shape index (κ2) is 10.1. The molecule has 4 aromatic rings. The number of hydrogen-bond acceptors (Lipinski definition) is 4. The highest BCUT2D eigenvalue weighted by atomic mass is 35.5. The molecular weight excluding hydrogens is 436 g/mol. The summed E-state index contributed by atoms with van der Waals surface area (Å²) in [5.41, 5.74) is 2.72. The fraction of sp³-hybridized carbons (Fsp3) is 0.231. The second-order valence-electron chi connectivity index (χ2n) is 8.20. The number of carbonyl (C=O) groups excluding carboxylic acids is 1. The van der Waals surface area contributed by atoms with Crippen LogP contribution in [0, 0.1) is 6.92 Å². The molecule has 2 heterocycles. The topological polar surface area (TPSA) is 54.5 Å². The number of hydrogen-bond donors (Lipinski definition) is 0. The van der Waals surface area contributed by atoms with Crippen LogP contribution in [0.2, 0.25) is 5.02 Å². The van der Waals surface area contributed by atoms with Crippen molar-refractivity contribution in [3.8, 4) is 17.1 Å². The van der Waals surface area contributed by atoms with Gasteiger partial charge in [-0.3, -0.25) is 4.79 Å². The van der Waals surface area contributed by atoms with Gasteiger partial charge in [-0.1, -0.05) is 54.1 Å². The van der Waals surface area contributed by atoms with Crippen LogP contribution in [-0.4, -0.2) is 52.7 Å². The zero-order valence-corrected chi connectivity index (χ0v) is 19.8. The van der Waals surface area contributed by atoms with Crippen LogP contribution in [0.15, 0.2) is 77.2 Å². The van der Waals surface area contributed by atoms with E-state index in [1.165, 1.54) is 0 Å². The molecule has 33 heavy (non-hydrogen) atoms. The van der Waals surface area contributed by atoms with Gasteiger partial charge in [0.05, 0.1) is 10.7 Å². The van der Waals surface area contributed by atoms with Crippen molar-refractivity contribution in [2.75, 3.05) is 27.2 Å². The largest absolute Gasteiger partial charge is 0.460 e. The SMILES string of the molecule is Cc1ccc(-c2cc(C(=O)N(CCN(C)C)Cc3ccccc3)n(-c3ccccc3Cl)n2)o1. The van der Waals surface area contributed by atoms with Crippen molar-refractivity contribution < 1.29 is 9.21 Å². The maximum atomic E-state index is 13.9. The number of rotatable bonds is 8. The number of carbonyl (C=O) groups is 1. The Labute approximate surface area is 199 Å². The molecular formula is C26H27ClN4O2. The molecule has 0 fully saturated rings. The summed E-state index contributed by atoms with van der Waals surface area (Å²) in [4.78, 5) is 17.8. The molecule has 170 valence electrons. The van der Waals surface area contributed by atoms with Crippen molar-refractivity contribution in [3.05, 3.63) is 94.8 Å². The number of benzene rings is 2. The minimum atomic E-state index is -0.123. The first kappa shape index (κ1) is 22.8. The molecule has 2 aromatic carbocycles. The Morgan fingerprint density at radius 3 is 2.39 bits per heavy atom. The molecule has 0 aliphatic rings. The summed E-state index contributed by atoms with van der Waals surface area (Å²) < 4.78 is 7.40. The molecule has 0 aliphatic carbocycles. The lowest BCUT2D eigenvalue weighted by Gasteiger charge is -2.25. The summed E-state index contributed by atoms with van der Waals surface area (Å²) in [6.07, 6.45) is 0. The number of furan rings is 1. The minimum absolute atomic E-state index is 0.123. The molecule has 0 bridgehead atoms. The van der Waals surface area contributed by atoms with Gasteiger partial charge in [0.15, 0.2) is 5.76 Å². The molecule has 0 atom stereocenters. The van der Waals surface area contributed by atoms with E-state index in [0.29, 0.717) is 40.9 Å². The predicted octanol–water partition coefficient (Wildman–Crippen LogP) is 5.30. The van der Waals surface area contributed by atoms with Crippen LogP contribution in [0.3, 0.4) is 0 Å². The van der Waals surface area contributed by atoms with E-state index in [1.807, 2.05) is 86.6 Å². The number of aryl methyl sites for hydroxylation is 1. The van der Waals surface area contributed by atoms with E-state index in [4.69, 9.17) is 21.1 Å². The van der Waals surface area contributed by atoms with Crippen molar-refractivity contribution in [3.63, 3.8) is 0 Å². The molecule has 4 rings (SSSR count). The lowest BCUT2D eigenvalue weighted by Crippen LogP contribution is -2.37. The monoisotopic (exact) mass is 462 g/mol. The second-order valence-corrected chi connectivity index (χ2v) is 8.61. The minimum Gasteiger partial charge on any atom is -0.460 e. The van der Waals surface area contributed by atoms with Crippen LogP contribution < -0.4 is 0 Å². The number of aromatic nitrogens is 2. The highest BCUT2D eigenvalue weighted by Gasteiger charge is 2.25. The molecule has 1 amide bonds. The van der Waals surface area contributed by atoms with Crippen LogP contribution in [0.25, 0.3) is 17.1 Å². The first-order valence-corrected chi connectivity index (χ1v) is 11.2. The zero-order valence-electron chi connectivity index (χ0n) is 19.0. The van der Waals surface area contributed by atoms with Crippen LogP contribution >= 0.6 is 11.6 Å². The normalized spacial score (nSPS) is 11.2. The van der Waals surface area contributed by atoms with Gasteiger partial charge in [-0.25, -0.2) is 4.68 Å². The van der Waals surface area contributed by atoms with Gasteiger partial charge in [-0.2, -0.15) is 5.10 Å². The van der Waals surface area contributed by atoms with E-state index in [1.54, 1.807) is 16.8 Å². The van der Waals surface area contributed by atoms with E-state index in [9.17, 15) is 4.79 Å². The Morgan fingerprint density at radius 2 is 1.73 bits per heavy atom. The molecule has 7 heteroatoms. The fourth-order valence-electron chi connectivity index (χ4n) is 3.57. The van der Waals surface area contributed by atoms with Crippen molar-refractivity contribution in [2.45, 2.75) is 13.5 Å². The van der Waals surface area contributed by atoms with E-state index in [0.717, 1.165) is 17.9 Å². The summed E-state index contributed by atoms with van der Waals surface area (Å²) in [7, 11) is 3.99. The molecule has 0 unspecified atom stereocenters. The van der Waals surface area contributed by atoms with Gasteiger partial charge in [-0.05, 0) is 50.8 Å². The Hall–Kier alpha value is -3.35. The van der Waals surface area contributed by atoms with Gasteiger partial charge in [0, 0.05) is 25.7 Å². The third kappa shape index (κ3) is 5.35. The fourth-order valence-corrected chi connectivity index (χ4v) is 3.79.